The number of nitrogens with zero attached hydrogens (tertiary/aromatic N) is 1. The number of carbonyl (C=O) groups excluding carboxylic acids is 1. The van der Waals surface area contributed by atoms with Crippen LogP contribution in [-0.2, 0) is 25.8 Å². The number of hydrogen-bond acceptors (Lipinski definition) is 6. The quantitative estimate of drug-likeness (QED) is 0.126. The van der Waals surface area contributed by atoms with E-state index < -0.39 is 40.5 Å². The molecule has 1 unspecified atom stereocenters. The average Bonchev–Trinajstić information content (AvgIpc) is 3.34. The van der Waals surface area contributed by atoms with Gasteiger partial charge in [-0.15, -0.1) is 0 Å². The summed E-state index contributed by atoms with van der Waals surface area (Å²) in [6.45, 7) is 4.24. The number of unbranched alkanes of at least 4 members (excludes halogenated alkanes) is 2. The molecule has 5 rings (SSSR count). The summed E-state index contributed by atoms with van der Waals surface area (Å²) in [4.78, 5) is 15.1. The van der Waals surface area contributed by atoms with Gasteiger partial charge in [-0.25, -0.2) is 8.42 Å². The zero-order valence-electron chi connectivity index (χ0n) is 29.0. The topological polar surface area (TPSA) is 72.9 Å². The Bertz CT molecular complexity index is 1380. The van der Waals surface area contributed by atoms with E-state index in [9.17, 15) is 35.2 Å². The Morgan fingerprint density at radius 3 is 2.47 bits per heavy atom. The average molecular weight is 720 g/mol. The van der Waals surface area contributed by atoms with Crippen molar-refractivity contribution >= 4 is 15.6 Å². The minimum absolute atomic E-state index is 0.186. The minimum Gasteiger partial charge on any atom is -0.465 e. The van der Waals surface area contributed by atoms with E-state index in [2.05, 4.69) is 30.0 Å². The molecule has 0 N–H and O–H groups in total. The maximum absolute atomic E-state index is 13.1. The summed E-state index contributed by atoms with van der Waals surface area (Å²) in [7, 11) is -1.79. The van der Waals surface area contributed by atoms with Crippen LogP contribution in [0.3, 0.4) is 0 Å². The van der Waals surface area contributed by atoms with E-state index in [4.69, 9.17) is 9.47 Å². The van der Waals surface area contributed by atoms with E-state index in [-0.39, 0.29) is 17.5 Å². The van der Waals surface area contributed by atoms with Gasteiger partial charge in [0.15, 0.2) is 6.29 Å². The second kappa shape index (κ2) is 15.8. The van der Waals surface area contributed by atoms with Crippen LogP contribution in [0.4, 0.5) is 22.0 Å². The van der Waals surface area contributed by atoms with E-state index in [1.54, 1.807) is 0 Å². The molecule has 0 aromatic heterocycles. The van der Waals surface area contributed by atoms with Gasteiger partial charge in [0, 0.05) is 24.7 Å². The van der Waals surface area contributed by atoms with Crippen LogP contribution in [0.2, 0.25) is 0 Å². The van der Waals surface area contributed by atoms with Crippen LogP contribution in [0.15, 0.2) is 18.2 Å². The first kappa shape index (κ1) is 38.4. The molecule has 278 valence electrons. The summed E-state index contributed by atoms with van der Waals surface area (Å²) >= 11 is 0. The van der Waals surface area contributed by atoms with Crippen molar-refractivity contribution in [3.05, 3.63) is 29.3 Å². The lowest BCUT2D eigenvalue weighted by atomic mass is 9.52. The van der Waals surface area contributed by atoms with Crippen LogP contribution in [0.25, 0.3) is 0 Å². The molecular weight excluding hydrogens is 665 g/mol. The lowest BCUT2D eigenvalue weighted by Crippen LogP contribution is -2.46. The van der Waals surface area contributed by atoms with Gasteiger partial charge in [-0.05, 0) is 131 Å². The normalized spacial score (nSPS) is 29.1. The van der Waals surface area contributed by atoms with Gasteiger partial charge < -0.3 is 14.4 Å². The van der Waals surface area contributed by atoms with Gasteiger partial charge in [0.05, 0.1) is 18.1 Å². The van der Waals surface area contributed by atoms with Gasteiger partial charge in [-0.1, -0.05) is 25.8 Å². The van der Waals surface area contributed by atoms with Gasteiger partial charge in [-0.2, -0.15) is 22.0 Å². The van der Waals surface area contributed by atoms with Crippen molar-refractivity contribution in [3.63, 3.8) is 0 Å². The molecule has 0 amide bonds. The second-order valence-corrected chi connectivity index (χ2v) is 17.7. The van der Waals surface area contributed by atoms with Crippen LogP contribution in [0.1, 0.15) is 114 Å². The van der Waals surface area contributed by atoms with Crippen molar-refractivity contribution in [3.8, 4) is 5.75 Å². The third-order valence-electron chi connectivity index (χ3n) is 12.0. The molecule has 1 saturated heterocycles. The summed E-state index contributed by atoms with van der Waals surface area (Å²) in [6, 6.07) is 6.61. The standard InChI is InChI=1S/C37H54F5NO5S/c1-35-18-16-30-29-13-12-28(48-33-11-5-7-21-47-33)25-27(29)24-26(34(30)31(35)14-15-32(35)44)10-4-3-6-19-43(2)20-9-23-49(45,46)22-8-17-36(38,39)37(40,41)42/h12-13,25-26,30-31,33-34H,3-11,14-24H2,1-2H3/t26-,30-,31+,33?,34-,35+/m1/s1. The molecule has 4 aliphatic rings. The molecular formula is C37H54F5NO5S. The molecule has 0 radical (unpaired) electrons. The van der Waals surface area contributed by atoms with E-state index in [0.29, 0.717) is 48.8 Å². The number of halogens is 5. The summed E-state index contributed by atoms with van der Waals surface area (Å²) < 4.78 is 99.7. The molecule has 1 aromatic carbocycles. The maximum atomic E-state index is 13.1. The van der Waals surface area contributed by atoms with Crippen molar-refractivity contribution < 1.29 is 44.6 Å². The van der Waals surface area contributed by atoms with Gasteiger partial charge in [0.2, 0.25) is 0 Å². The summed E-state index contributed by atoms with van der Waals surface area (Å²) in [5.74, 6) is -2.59. The number of Topliss-reactive ketones (excluding diaryl/α,β-unsaturated/α-hetero) is 1. The number of ether oxygens (including phenoxy) is 2. The number of alkyl halides is 5. The molecule has 0 bridgehead atoms. The zero-order valence-corrected chi connectivity index (χ0v) is 29.9. The number of fused-ring (bicyclic) bond motifs is 5. The zero-order chi connectivity index (χ0) is 35.5. The van der Waals surface area contributed by atoms with Gasteiger partial charge in [0.25, 0.3) is 0 Å². The fourth-order valence-corrected chi connectivity index (χ4v) is 10.6. The highest BCUT2D eigenvalue weighted by Crippen LogP contribution is 2.61. The monoisotopic (exact) mass is 719 g/mol. The van der Waals surface area contributed by atoms with Crippen molar-refractivity contribution in [2.45, 2.75) is 128 Å². The first-order valence-corrected chi connectivity index (χ1v) is 20.2. The number of sulfone groups is 1. The van der Waals surface area contributed by atoms with Crippen LogP contribution < -0.4 is 4.74 Å². The van der Waals surface area contributed by atoms with Crippen LogP contribution in [0.5, 0.6) is 5.75 Å². The Balaban J connectivity index is 1.10. The fourth-order valence-electron chi connectivity index (χ4n) is 9.24. The van der Waals surface area contributed by atoms with Crippen LogP contribution in [-0.4, -0.2) is 75.7 Å². The lowest BCUT2D eigenvalue weighted by Gasteiger charge is -2.52. The Labute approximate surface area is 288 Å². The van der Waals surface area contributed by atoms with E-state index >= 15 is 0 Å². The summed E-state index contributed by atoms with van der Waals surface area (Å²) in [5.41, 5.74) is 2.60. The Kier molecular flexibility index (Phi) is 12.4. The lowest BCUT2D eigenvalue weighted by molar-refractivity contribution is -0.284. The second-order valence-electron chi connectivity index (χ2n) is 15.4. The Hall–Kier alpha value is -1.79. The number of benzene rings is 1. The maximum Gasteiger partial charge on any atom is 0.453 e. The molecule has 49 heavy (non-hydrogen) atoms. The molecule has 3 fully saturated rings. The van der Waals surface area contributed by atoms with Gasteiger partial charge >= 0.3 is 12.1 Å². The van der Waals surface area contributed by atoms with Crippen molar-refractivity contribution in [2.75, 3.05) is 38.2 Å². The first-order chi connectivity index (χ1) is 23.1. The SMILES string of the molecule is CN(CCCCC[C@@H]1Cc2cc(OC3CCCCO3)ccc2[C@H]2CC[C@]3(C)C(=O)CC[C@H]3[C@H]12)CCCS(=O)(=O)CCCC(F)(F)C(F)(F)F. The highest BCUT2D eigenvalue weighted by atomic mass is 32.2. The molecule has 6 atom stereocenters. The minimum atomic E-state index is -5.67. The Morgan fingerprint density at radius 1 is 0.980 bits per heavy atom. The summed E-state index contributed by atoms with van der Waals surface area (Å²) in [6.07, 6.45) is 4.11. The highest BCUT2D eigenvalue weighted by Gasteiger charge is 2.57. The molecule has 3 aliphatic carbocycles. The highest BCUT2D eigenvalue weighted by molar-refractivity contribution is 7.91. The molecule has 6 nitrogen and oxygen atoms in total. The number of rotatable bonds is 16. The fraction of sp³-hybridized carbons (Fsp3) is 0.811. The Morgan fingerprint density at radius 2 is 1.73 bits per heavy atom. The number of hydrogen-bond donors (Lipinski definition) is 0. The number of carbonyl (C=O) groups is 1. The summed E-state index contributed by atoms with van der Waals surface area (Å²) in [5, 5.41) is 0. The van der Waals surface area contributed by atoms with E-state index in [1.165, 1.54) is 11.1 Å². The molecule has 0 spiro atoms. The molecule has 12 heteroatoms. The predicted molar refractivity (Wildman–Crippen MR) is 179 cm³/mol. The largest absolute Gasteiger partial charge is 0.465 e. The van der Waals surface area contributed by atoms with Crippen LogP contribution >= 0.6 is 0 Å². The van der Waals surface area contributed by atoms with Gasteiger partial charge in [-0.3, -0.25) is 4.79 Å². The molecule has 2 saturated carbocycles. The third kappa shape index (κ3) is 9.36. The first-order valence-electron chi connectivity index (χ1n) is 18.4. The third-order valence-corrected chi connectivity index (χ3v) is 13.8. The van der Waals surface area contributed by atoms with E-state index in [1.807, 2.05) is 7.05 Å². The number of ketones is 1. The van der Waals surface area contributed by atoms with Crippen molar-refractivity contribution in [1.29, 1.82) is 0 Å². The van der Waals surface area contributed by atoms with E-state index in [0.717, 1.165) is 89.5 Å². The smallest absolute Gasteiger partial charge is 0.453 e. The van der Waals surface area contributed by atoms with Crippen molar-refractivity contribution in [2.24, 2.45) is 23.2 Å². The molecule has 1 heterocycles. The predicted octanol–water partition coefficient (Wildman–Crippen LogP) is 8.52. The van der Waals surface area contributed by atoms with Gasteiger partial charge in [0.1, 0.15) is 21.4 Å². The molecule has 1 aromatic rings. The van der Waals surface area contributed by atoms with Crippen molar-refractivity contribution in [1.82, 2.24) is 4.90 Å². The molecule has 1 aliphatic heterocycles. The van der Waals surface area contributed by atoms with Crippen LogP contribution in [0, 0.1) is 23.2 Å².